The molecular weight excluding hydrogens is 242 g/mol. The van der Waals surface area contributed by atoms with E-state index in [1.54, 1.807) is 0 Å². The van der Waals surface area contributed by atoms with Gasteiger partial charge in [-0.2, -0.15) is 0 Å². The van der Waals surface area contributed by atoms with E-state index in [1.165, 1.54) is 23.1 Å². The number of rotatable bonds is 6. The molecule has 0 aromatic heterocycles. The lowest BCUT2D eigenvalue weighted by atomic mass is 9.92. The fraction of sp³-hybridized carbons (Fsp3) is 0.625. The molecule has 0 spiro atoms. The number of benzene rings is 1. The van der Waals surface area contributed by atoms with Crippen molar-refractivity contribution in [3.63, 3.8) is 0 Å². The van der Waals surface area contributed by atoms with Gasteiger partial charge in [0.2, 0.25) is 0 Å². The first-order chi connectivity index (χ1) is 8.49. The highest BCUT2D eigenvalue weighted by Gasteiger charge is 2.17. The molecule has 0 radical (unpaired) electrons. The summed E-state index contributed by atoms with van der Waals surface area (Å²) in [6.07, 6.45) is 2.36. The molecule has 2 atom stereocenters. The molecule has 0 heterocycles. The van der Waals surface area contributed by atoms with Crippen molar-refractivity contribution in [1.29, 1.82) is 0 Å². The number of nitrogens with one attached hydrogen (secondary N) is 1. The second kappa shape index (κ2) is 7.16. The Hall–Kier alpha value is -0.530. The highest BCUT2D eigenvalue weighted by Crippen LogP contribution is 2.30. The summed E-state index contributed by atoms with van der Waals surface area (Å²) in [5, 5.41) is 4.46. The van der Waals surface area contributed by atoms with Crippen LogP contribution < -0.4 is 5.32 Å². The van der Waals surface area contributed by atoms with Crippen molar-refractivity contribution in [2.45, 2.75) is 53.5 Å². The zero-order valence-electron chi connectivity index (χ0n) is 12.3. The molecule has 0 bridgehead atoms. The third kappa shape index (κ3) is 4.00. The van der Waals surface area contributed by atoms with Crippen LogP contribution in [-0.2, 0) is 0 Å². The van der Waals surface area contributed by atoms with Crippen LogP contribution in [0.4, 0.5) is 0 Å². The Balaban J connectivity index is 3.01. The van der Waals surface area contributed by atoms with Crippen molar-refractivity contribution < 1.29 is 0 Å². The van der Waals surface area contributed by atoms with Crippen molar-refractivity contribution in [2.24, 2.45) is 5.92 Å². The first-order valence-corrected chi connectivity index (χ1v) is 7.37. The van der Waals surface area contributed by atoms with Gasteiger partial charge in [0.05, 0.1) is 0 Å². The van der Waals surface area contributed by atoms with Gasteiger partial charge in [0, 0.05) is 11.1 Å². The van der Waals surface area contributed by atoms with E-state index < -0.39 is 0 Å². The Kier molecular flexibility index (Phi) is 6.17. The molecule has 1 N–H and O–H groups in total. The van der Waals surface area contributed by atoms with Gasteiger partial charge >= 0.3 is 0 Å². The Labute approximate surface area is 117 Å². The van der Waals surface area contributed by atoms with Gasteiger partial charge < -0.3 is 5.32 Å². The van der Waals surface area contributed by atoms with Gasteiger partial charge in [-0.15, -0.1) is 0 Å². The second-order valence-electron chi connectivity index (χ2n) is 5.32. The fourth-order valence-corrected chi connectivity index (χ4v) is 2.56. The summed E-state index contributed by atoms with van der Waals surface area (Å²) in [5.41, 5.74) is 3.84. The minimum absolute atomic E-state index is 0.372. The van der Waals surface area contributed by atoms with Crippen LogP contribution in [0.3, 0.4) is 0 Å². The zero-order valence-corrected chi connectivity index (χ0v) is 13.1. The lowest BCUT2D eigenvalue weighted by Gasteiger charge is -2.23. The summed E-state index contributed by atoms with van der Waals surface area (Å²) >= 11 is 6.42. The average Bonchev–Trinajstić information content (AvgIpc) is 2.33. The number of hydrogen-bond donors (Lipinski definition) is 1. The third-order valence-corrected chi connectivity index (χ3v) is 4.10. The minimum Gasteiger partial charge on any atom is -0.310 e. The van der Waals surface area contributed by atoms with Gasteiger partial charge in [-0.05, 0) is 55.5 Å². The normalized spacial score (nSPS) is 14.6. The van der Waals surface area contributed by atoms with Crippen LogP contribution in [0.1, 0.15) is 56.3 Å². The highest BCUT2D eigenvalue weighted by atomic mass is 35.5. The van der Waals surface area contributed by atoms with Crippen molar-refractivity contribution in [2.75, 3.05) is 6.54 Å². The van der Waals surface area contributed by atoms with Crippen LogP contribution in [-0.4, -0.2) is 6.54 Å². The van der Waals surface area contributed by atoms with Gasteiger partial charge in [-0.3, -0.25) is 0 Å². The molecular formula is C16H26ClN. The third-order valence-electron chi connectivity index (χ3n) is 3.77. The molecule has 0 fully saturated rings. The molecule has 0 aliphatic heterocycles. The van der Waals surface area contributed by atoms with Gasteiger partial charge in [-0.25, -0.2) is 0 Å². The maximum atomic E-state index is 6.42. The predicted molar refractivity (Wildman–Crippen MR) is 81.4 cm³/mol. The largest absolute Gasteiger partial charge is 0.310 e. The lowest BCUT2D eigenvalue weighted by Crippen LogP contribution is -2.23. The lowest BCUT2D eigenvalue weighted by molar-refractivity contribution is 0.408. The van der Waals surface area contributed by atoms with E-state index in [0.29, 0.717) is 12.0 Å². The highest BCUT2D eigenvalue weighted by molar-refractivity contribution is 6.31. The summed E-state index contributed by atoms with van der Waals surface area (Å²) < 4.78 is 0. The first kappa shape index (κ1) is 15.5. The summed E-state index contributed by atoms with van der Waals surface area (Å²) in [6, 6.07) is 4.71. The Morgan fingerprint density at radius 2 is 1.78 bits per heavy atom. The van der Waals surface area contributed by atoms with Crippen LogP contribution in [0.5, 0.6) is 0 Å². The molecule has 0 saturated carbocycles. The van der Waals surface area contributed by atoms with E-state index in [-0.39, 0.29) is 0 Å². The summed E-state index contributed by atoms with van der Waals surface area (Å²) in [6.45, 7) is 11.9. The van der Waals surface area contributed by atoms with E-state index in [1.807, 2.05) is 0 Å². The first-order valence-electron chi connectivity index (χ1n) is 6.99. The maximum absolute atomic E-state index is 6.42. The topological polar surface area (TPSA) is 12.0 Å². The molecule has 1 rings (SSSR count). The molecule has 102 valence electrons. The second-order valence-corrected chi connectivity index (χ2v) is 5.72. The van der Waals surface area contributed by atoms with Gasteiger partial charge in [0.1, 0.15) is 0 Å². The molecule has 18 heavy (non-hydrogen) atoms. The van der Waals surface area contributed by atoms with E-state index >= 15 is 0 Å². The summed E-state index contributed by atoms with van der Waals surface area (Å²) in [5.74, 6) is 0.715. The molecule has 0 aliphatic carbocycles. The molecule has 2 unspecified atom stereocenters. The van der Waals surface area contributed by atoms with Crippen molar-refractivity contribution in [1.82, 2.24) is 5.32 Å². The standard InChI is InChI=1S/C16H26ClN/c1-6-11(3)8-16(18-7-2)14-9-12(4)13(5)10-15(14)17/h9-11,16,18H,6-8H2,1-5H3. The van der Waals surface area contributed by atoms with Crippen LogP contribution in [0.2, 0.25) is 5.02 Å². The maximum Gasteiger partial charge on any atom is 0.0456 e. The molecule has 0 saturated heterocycles. The van der Waals surface area contributed by atoms with E-state index in [9.17, 15) is 0 Å². The number of aryl methyl sites for hydroxylation is 2. The minimum atomic E-state index is 0.372. The van der Waals surface area contributed by atoms with Crippen molar-refractivity contribution >= 4 is 11.6 Å². The monoisotopic (exact) mass is 267 g/mol. The van der Waals surface area contributed by atoms with Crippen LogP contribution in [0, 0.1) is 19.8 Å². The average molecular weight is 268 g/mol. The Morgan fingerprint density at radius 1 is 1.17 bits per heavy atom. The fourth-order valence-electron chi connectivity index (χ4n) is 2.21. The van der Waals surface area contributed by atoms with Gasteiger partial charge in [-0.1, -0.05) is 44.9 Å². The van der Waals surface area contributed by atoms with Crippen LogP contribution in [0.15, 0.2) is 12.1 Å². The van der Waals surface area contributed by atoms with Crippen LogP contribution >= 0.6 is 11.6 Å². The molecule has 1 aromatic rings. The van der Waals surface area contributed by atoms with Crippen LogP contribution in [0.25, 0.3) is 0 Å². The molecule has 2 heteroatoms. The van der Waals surface area contributed by atoms with Crippen molar-refractivity contribution in [3.05, 3.63) is 33.8 Å². The van der Waals surface area contributed by atoms with Gasteiger partial charge in [0.25, 0.3) is 0 Å². The number of hydrogen-bond acceptors (Lipinski definition) is 1. The Bertz CT molecular complexity index is 387. The van der Waals surface area contributed by atoms with Gasteiger partial charge in [0.15, 0.2) is 0 Å². The number of halogens is 1. The molecule has 0 aliphatic rings. The molecule has 0 amide bonds. The molecule has 1 nitrogen and oxygen atoms in total. The Morgan fingerprint density at radius 3 is 2.33 bits per heavy atom. The summed E-state index contributed by atoms with van der Waals surface area (Å²) in [7, 11) is 0. The SMILES string of the molecule is CCNC(CC(C)CC)c1cc(C)c(C)cc1Cl. The van der Waals surface area contributed by atoms with E-state index in [0.717, 1.165) is 18.0 Å². The quantitative estimate of drug-likeness (QED) is 0.761. The zero-order chi connectivity index (χ0) is 13.7. The van der Waals surface area contributed by atoms with E-state index in [2.05, 4.69) is 52.1 Å². The molecule has 1 aromatic carbocycles. The predicted octanol–water partition coefficient (Wildman–Crippen LogP) is 5.04. The van der Waals surface area contributed by atoms with E-state index in [4.69, 9.17) is 11.6 Å². The smallest absolute Gasteiger partial charge is 0.0456 e. The van der Waals surface area contributed by atoms with Crippen molar-refractivity contribution in [3.8, 4) is 0 Å². The summed E-state index contributed by atoms with van der Waals surface area (Å²) in [4.78, 5) is 0.